The number of carbonyl (C=O) groups is 1. The van der Waals surface area contributed by atoms with E-state index in [9.17, 15) is 13.6 Å². The van der Waals surface area contributed by atoms with Crippen molar-refractivity contribution in [1.82, 2.24) is 14.8 Å². The second-order valence-corrected chi connectivity index (χ2v) is 3.53. The molecule has 0 fully saturated rings. The van der Waals surface area contributed by atoms with Gasteiger partial charge in [-0.15, -0.1) is 0 Å². The number of benzene rings is 1. The number of nitrogens with zero attached hydrogens (tertiary/aromatic N) is 3. The fourth-order valence-electron chi connectivity index (χ4n) is 1.55. The summed E-state index contributed by atoms with van der Waals surface area (Å²) in [6, 6.07) is 3.14. The molecule has 0 saturated carbocycles. The lowest BCUT2D eigenvalue weighted by molar-refractivity contribution is -0.109. The first-order valence-electron chi connectivity index (χ1n) is 4.93. The first-order chi connectivity index (χ1) is 8.20. The van der Waals surface area contributed by atoms with Crippen LogP contribution in [0.1, 0.15) is 11.5 Å². The van der Waals surface area contributed by atoms with E-state index < -0.39 is 17.6 Å². The molecule has 17 heavy (non-hydrogen) atoms. The lowest BCUT2D eigenvalue weighted by Gasteiger charge is -2.11. The van der Waals surface area contributed by atoms with Crippen molar-refractivity contribution in [1.29, 1.82) is 0 Å². The van der Waals surface area contributed by atoms with Gasteiger partial charge in [0.05, 0.1) is 12.5 Å². The molecule has 1 aromatic carbocycles. The van der Waals surface area contributed by atoms with Crippen LogP contribution in [-0.2, 0) is 11.3 Å². The Morgan fingerprint density at radius 3 is 2.82 bits per heavy atom. The maximum atomic E-state index is 13.5. The minimum Gasteiger partial charge on any atom is -0.303 e. The fraction of sp³-hybridized carbons (Fsp3) is 0.182. The van der Waals surface area contributed by atoms with Gasteiger partial charge in [-0.25, -0.2) is 13.8 Å². The molecule has 0 saturated heterocycles. The minimum atomic E-state index is -0.734. The highest BCUT2D eigenvalue weighted by molar-refractivity contribution is 5.62. The predicted molar refractivity (Wildman–Crippen MR) is 55.2 cm³/mol. The van der Waals surface area contributed by atoms with Crippen LogP contribution in [0.2, 0.25) is 0 Å². The first kappa shape index (κ1) is 11.4. The normalized spacial score (nSPS) is 12.4. The maximum absolute atomic E-state index is 13.5. The molecular formula is C11H9F2N3O. The molecule has 6 heteroatoms. The Labute approximate surface area is 95.9 Å². The number of hydrogen-bond acceptors (Lipinski definition) is 3. The van der Waals surface area contributed by atoms with Crippen LogP contribution in [-0.4, -0.2) is 21.1 Å². The third-order valence-electron chi connectivity index (χ3n) is 2.38. The third kappa shape index (κ3) is 2.52. The van der Waals surface area contributed by atoms with Crippen molar-refractivity contribution in [2.45, 2.75) is 12.5 Å². The van der Waals surface area contributed by atoms with E-state index >= 15 is 0 Å². The van der Waals surface area contributed by atoms with Gasteiger partial charge in [0, 0.05) is 11.6 Å². The zero-order valence-electron chi connectivity index (χ0n) is 8.75. The molecule has 0 amide bonds. The molecule has 1 aromatic heterocycles. The standard InChI is InChI=1S/C11H9F2N3O/c12-9-1-2-10(11(13)3-9)8(5-17)4-16-7-14-6-15-16/h1-3,5-8H,4H2. The highest BCUT2D eigenvalue weighted by atomic mass is 19.1. The van der Waals surface area contributed by atoms with E-state index in [0.29, 0.717) is 6.29 Å². The van der Waals surface area contributed by atoms with Gasteiger partial charge < -0.3 is 4.79 Å². The van der Waals surface area contributed by atoms with Gasteiger partial charge in [-0.1, -0.05) is 6.07 Å². The number of aromatic nitrogens is 3. The monoisotopic (exact) mass is 237 g/mol. The Morgan fingerprint density at radius 2 is 2.24 bits per heavy atom. The number of halogens is 2. The van der Waals surface area contributed by atoms with E-state index in [4.69, 9.17) is 0 Å². The van der Waals surface area contributed by atoms with Crippen molar-refractivity contribution in [3.05, 3.63) is 48.1 Å². The van der Waals surface area contributed by atoms with E-state index in [-0.39, 0.29) is 12.1 Å². The summed E-state index contributed by atoms with van der Waals surface area (Å²) in [6.07, 6.45) is 3.36. The van der Waals surface area contributed by atoms with Crippen LogP contribution in [0.15, 0.2) is 30.9 Å². The SMILES string of the molecule is O=CC(Cn1cncn1)c1ccc(F)cc1F. The molecule has 0 radical (unpaired) electrons. The Morgan fingerprint density at radius 1 is 1.41 bits per heavy atom. The van der Waals surface area contributed by atoms with Crippen molar-refractivity contribution >= 4 is 6.29 Å². The molecule has 1 heterocycles. The average molecular weight is 237 g/mol. The molecule has 0 aliphatic rings. The van der Waals surface area contributed by atoms with Crippen molar-refractivity contribution in [3.63, 3.8) is 0 Å². The molecule has 0 aliphatic heterocycles. The zero-order chi connectivity index (χ0) is 12.3. The Bertz CT molecular complexity index is 513. The van der Waals surface area contributed by atoms with Crippen molar-refractivity contribution < 1.29 is 13.6 Å². The highest BCUT2D eigenvalue weighted by Crippen LogP contribution is 2.19. The molecule has 0 spiro atoms. The summed E-state index contributed by atoms with van der Waals surface area (Å²) in [7, 11) is 0. The van der Waals surface area contributed by atoms with Crippen LogP contribution in [0.25, 0.3) is 0 Å². The van der Waals surface area contributed by atoms with Crippen LogP contribution in [0.3, 0.4) is 0 Å². The summed E-state index contributed by atoms with van der Waals surface area (Å²) in [5.74, 6) is -2.11. The molecule has 2 rings (SSSR count). The number of hydrogen-bond donors (Lipinski definition) is 0. The Balaban J connectivity index is 2.26. The van der Waals surface area contributed by atoms with Crippen LogP contribution in [0, 0.1) is 11.6 Å². The smallest absolute Gasteiger partial charge is 0.137 e. The van der Waals surface area contributed by atoms with E-state index in [1.807, 2.05) is 0 Å². The van der Waals surface area contributed by atoms with Gasteiger partial charge in [-0.2, -0.15) is 5.10 Å². The van der Waals surface area contributed by atoms with Crippen LogP contribution >= 0.6 is 0 Å². The average Bonchev–Trinajstić information content (AvgIpc) is 2.79. The van der Waals surface area contributed by atoms with Gasteiger partial charge in [0.15, 0.2) is 0 Å². The Hall–Kier alpha value is -2.11. The van der Waals surface area contributed by atoms with E-state index in [1.165, 1.54) is 23.4 Å². The molecule has 0 N–H and O–H groups in total. The van der Waals surface area contributed by atoms with Crippen LogP contribution in [0.5, 0.6) is 0 Å². The summed E-state index contributed by atoms with van der Waals surface area (Å²) in [4.78, 5) is 14.7. The summed E-state index contributed by atoms with van der Waals surface area (Å²) in [5.41, 5.74) is 0.150. The largest absolute Gasteiger partial charge is 0.303 e. The quantitative estimate of drug-likeness (QED) is 0.758. The van der Waals surface area contributed by atoms with Gasteiger partial charge in [-0.05, 0) is 6.07 Å². The molecule has 0 aliphatic carbocycles. The van der Waals surface area contributed by atoms with Gasteiger partial charge >= 0.3 is 0 Å². The topological polar surface area (TPSA) is 47.8 Å². The summed E-state index contributed by atoms with van der Waals surface area (Å²) in [6.45, 7) is 0.173. The Kier molecular flexibility index (Phi) is 3.22. The minimum absolute atomic E-state index is 0.150. The second kappa shape index (κ2) is 4.82. The molecule has 0 bridgehead atoms. The number of aldehydes is 1. The highest BCUT2D eigenvalue weighted by Gasteiger charge is 2.16. The van der Waals surface area contributed by atoms with Gasteiger partial charge in [-0.3, -0.25) is 4.68 Å². The summed E-state index contributed by atoms with van der Waals surface area (Å²) in [5, 5.41) is 3.83. The molecule has 88 valence electrons. The van der Waals surface area contributed by atoms with Crippen molar-refractivity contribution in [3.8, 4) is 0 Å². The van der Waals surface area contributed by atoms with E-state index in [1.54, 1.807) is 0 Å². The van der Waals surface area contributed by atoms with Crippen LogP contribution < -0.4 is 0 Å². The van der Waals surface area contributed by atoms with E-state index in [0.717, 1.165) is 12.1 Å². The lowest BCUT2D eigenvalue weighted by Crippen LogP contribution is -2.12. The number of rotatable bonds is 4. The molecule has 2 aromatic rings. The predicted octanol–water partition coefficient (Wildman–Crippen LogP) is 1.54. The second-order valence-electron chi connectivity index (χ2n) is 3.53. The maximum Gasteiger partial charge on any atom is 0.137 e. The van der Waals surface area contributed by atoms with Crippen molar-refractivity contribution in [2.24, 2.45) is 0 Å². The van der Waals surface area contributed by atoms with Gasteiger partial charge in [0.2, 0.25) is 0 Å². The summed E-state index contributed by atoms with van der Waals surface area (Å²) >= 11 is 0. The number of carbonyl (C=O) groups excluding carboxylic acids is 1. The van der Waals surface area contributed by atoms with Crippen molar-refractivity contribution in [2.75, 3.05) is 0 Å². The fourth-order valence-corrected chi connectivity index (χ4v) is 1.55. The summed E-state index contributed by atoms with van der Waals surface area (Å²) < 4.78 is 27.6. The lowest BCUT2D eigenvalue weighted by atomic mass is 10.00. The molecule has 4 nitrogen and oxygen atoms in total. The third-order valence-corrected chi connectivity index (χ3v) is 2.38. The van der Waals surface area contributed by atoms with Gasteiger partial charge in [0.1, 0.15) is 30.6 Å². The molecular weight excluding hydrogens is 228 g/mol. The zero-order valence-corrected chi connectivity index (χ0v) is 8.75. The van der Waals surface area contributed by atoms with E-state index in [2.05, 4.69) is 10.1 Å². The first-order valence-corrected chi connectivity index (χ1v) is 4.93. The molecule has 1 unspecified atom stereocenters. The molecule has 1 atom stereocenters. The van der Waals surface area contributed by atoms with Crippen LogP contribution in [0.4, 0.5) is 8.78 Å². The van der Waals surface area contributed by atoms with Gasteiger partial charge in [0.25, 0.3) is 0 Å².